The van der Waals surface area contributed by atoms with Crippen molar-refractivity contribution in [2.75, 3.05) is 9.80 Å². The zero-order valence-corrected chi connectivity index (χ0v) is 40.3. The monoisotopic (exact) mass is 937 g/mol. The molecule has 13 aromatic rings. The molecule has 0 fully saturated rings. The van der Waals surface area contributed by atoms with Crippen molar-refractivity contribution in [3.05, 3.63) is 272 Å². The highest BCUT2D eigenvalue weighted by molar-refractivity contribution is 7.25. The lowest BCUT2D eigenvalue weighted by Gasteiger charge is -2.30. The Labute approximate surface area is 423 Å². The maximum absolute atomic E-state index is 2.44. The molecule has 0 amide bonds. The molecule has 2 aromatic heterocycles. The number of fused-ring (bicyclic) bond motifs is 9. The first-order chi connectivity index (χ1) is 35.7. The average Bonchev–Trinajstić information content (AvgIpc) is 3.99. The largest absolute Gasteiger partial charge is 0.310 e. The predicted octanol–water partition coefficient (Wildman–Crippen LogP) is 19.2. The summed E-state index contributed by atoms with van der Waals surface area (Å²) in [6.45, 7) is 0. The van der Waals surface area contributed by atoms with Crippen molar-refractivity contribution in [3.63, 3.8) is 0 Å². The fourth-order valence-electron chi connectivity index (χ4n) is 11.2. The Balaban J connectivity index is 0.885. The fraction of sp³-hybridized carbons (Fsp3) is 0.0294. The topological polar surface area (TPSA) is 11.4 Å². The van der Waals surface area contributed by atoms with Gasteiger partial charge in [-0.25, -0.2) is 0 Å². The zero-order chi connectivity index (χ0) is 47.5. The van der Waals surface area contributed by atoms with Crippen LogP contribution in [0.2, 0.25) is 0 Å². The quantitative estimate of drug-likeness (QED) is 0.143. The first kappa shape index (κ1) is 42.0. The molecule has 0 unspecified atom stereocenters. The Morgan fingerprint density at radius 1 is 0.292 bits per heavy atom. The molecule has 0 aliphatic heterocycles. The van der Waals surface area contributed by atoms with Crippen LogP contribution >= 0.6 is 11.3 Å². The molecule has 11 aromatic carbocycles. The first-order valence-corrected chi connectivity index (χ1v) is 25.7. The molecule has 2 heterocycles. The number of hydrogen-bond acceptors (Lipinski definition) is 3. The molecule has 72 heavy (non-hydrogen) atoms. The summed E-state index contributed by atoms with van der Waals surface area (Å²) in [4.78, 5) is 4.79. The van der Waals surface area contributed by atoms with E-state index in [9.17, 15) is 0 Å². The lowest BCUT2D eigenvalue weighted by Crippen LogP contribution is -2.14. The van der Waals surface area contributed by atoms with Crippen LogP contribution in [0.5, 0.6) is 0 Å². The van der Waals surface area contributed by atoms with Crippen molar-refractivity contribution in [2.45, 2.75) is 12.8 Å². The minimum Gasteiger partial charge on any atom is -0.310 e. The summed E-state index contributed by atoms with van der Waals surface area (Å²) in [5, 5.41) is 5.08. The van der Waals surface area contributed by atoms with Crippen LogP contribution in [0.1, 0.15) is 11.1 Å². The minimum absolute atomic E-state index is 1.04. The summed E-state index contributed by atoms with van der Waals surface area (Å²) in [6.07, 6.45) is 2.10. The molecule has 3 nitrogen and oxygen atoms in total. The van der Waals surface area contributed by atoms with Gasteiger partial charge in [0.15, 0.2) is 0 Å². The number of aromatic nitrogens is 1. The van der Waals surface area contributed by atoms with Crippen LogP contribution in [-0.2, 0) is 12.8 Å². The highest BCUT2D eigenvalue weighted by atomic mass is 32.1. The molecule has 4 heteroatoms. The van der Waals surface area contributed by atoms with Crippen molar-refractivity contribution in [3.8, 4) is 39.1 Å². The van der Waals surface area contributed by atoms with Gasteiger partial charge in [-0.2, -0.15) is 0 Å². The second kappa shape index (κ2) is 17.5. The van der Waals surface area contributed by atoms with Gasteiger partial charge in [0.05, 0.1) is 11.0 Å². The highest BCUT2D eigenvalue weighted by Gasteiger charge is 2.22. The Hall–Kier alpha value is -8.96. The maximum Gasteiger partial charge on any atom is 0.0547 e. The SMILES string of the molecule is c1ccc(N(c2ccccc2)c2cccc(N(c3cccc(-c4ccc5sc6ccc(-c7ccc8c9ccccc9n(-c9ccccc9)c8c7)cc6c5c4)c3)c3ccc4c(c3)-c3ccccc3CC4)c2)cc1. The van der Waals surface area contributed by atoms with Gasteiger partial charge in [0.25, 0.3) is 0 Å². The second-order valence-electron chi connectivity index (χ2n) is 18.9. The average molecular weight is 938 g/mol. The van der Waals surface area contributed by atoms with E-state index in [0.29, 0.717) is 0 Å². The van der Waals surface area contributed by atoms with Crippen LogP contribution in [0.3, 0.4) is 0 Å². The van der Waals surface area contributed by atoms with Crippen molar-refractivity contribution < 1.29 is 0 Å². The van der Waals surface area contributed by atoms with Crippen LogP contribution in [0, 0.1) is 0 Å². The molecule has 0 bridgehead atoms. The van der Waals surface area contributed by atoms with E-state index in [4.69, 9.17) is 0 Å². The molecular formula is C68H47N3S. The molecule has 340 valence electrons. The molecule has 0 spiro atoms. The Morgan fingerprint density at radius 3 is 1.50 bits per heavy atom. The number of rotatable bonds is 9. The van der Waals surface area contributed by atoms with Gasteiger partial charge in [-0.1, -0.05) is 146 Å². The van der Waals surface area contributed by atoms with Crippen molar-refractivity contribution in [1.29, 1.82) is 0 Å². The molecule has 0 radical (unpaired) electrons. The summed E-state index contributed by atoms with van der Waals surface area (Å²) in [5.74, 6) is 0. The van der Waals surface area contributed by atoms with E-state index in [1.165, 1.54) is 92.2 Å². The molecule has 0 saturated carbocycles. The van der Waals surface area contributed by atoms with Gasteiger partial charge in [0.2, 0.25) is 0 Å². The summed E-state index contributed by atoms with van der Waals surface area (Å²) in [5.41, 5.74) is 20.4. The number of para-hydroxylation sites is 4. The third-order valence-corrected chi connectivity index (χ3v) is 15.8. The van der Waals surface area contributed by atoms with E-state index >= 15 is 0 Å². The maximum atomic E-state index is 2.44. The molecule has 0 N–H and O–H groups in total. The minimum atomic E-state index is 1.04. The number of hydrogen-bond donors (Lipinski definition) is 0. The van der Waals surface area contributed by atoms with Gasteiger partial charge in [-0.05, 0) is 173 Å². The Kier molecular flexibility index (Phi) is 10.2. The smallest absolute Gasteiger partial charge is 0.0547 e. The van der Waals surface area contributed by atoms with Crippen molar-refractivity contribution >= 4 is 87.4 Å². The zero-order valence-electron chi connectivity index (χ0n) is 39.5. The summed E-state index contributed by atoms with van der Waals surface area (Å²) < 4.78 is 4.98. The van der Waals surface area contributed by atoms with E-state index in [2.05, 4.69) is 275 Å². The predicted molar refractivity (Wildman–Crippen MR) is 307 cm³/mol. The number of nitrogens with zero attached hydrogens (tertiary/aromatic N) is 3. The van der Waals surface area contributed by atoms with Gasteiger partial charge in [0, 0.05) is 70.8 Å². The van der Waals surface area contributed by atoms with E-state index in [0.717, 1.165) is 47.0 Å². The fourth-order valence-corrected chi connectivity index (χ4v) is 12.3. The number of aryl methyl sites for hydroxylation is 2. The Morgan fingerprint density at radius 2 is 0.792 bits per heavy atom. The van der Waals surface area contributed by atoms with Gasteiger partial charge in [-0.15, -0.1) is 11.3 Å². The molecule has 0 saturated heterocycles. The molecule has 0 atom stereocenters. The van der Waals surface area contributed by atoms with Gasteiger partial charge in [0.1, 0.15) is 0 Å². The van der Waals surface area contributed by atoms with E-state index < -0.39 is 0 Å². The molecule has 1 aliphatic carbocycles. The third kappa shape index (κ3) is 7.26. The van der Waals surface area contributed by atoms with Gasteiger partial charge < -0.3 is 14.4 Å². The normalized spacial score (nSPS) is 12.1. The first-order valence-electron chi connectivity index (χ1n) is 24.9. The lowest BCUT2D eigenvalue weighted by atomic mass is 9.85. The molecule has 1 aliphatic rings. The molecular weight excluding hydrogens is 891 g/mol. The number of benzene rings is 11. The summed E-state index contributed by atoms with van der Waals surface area (Å²) in [6, 6.07) is 95.9. The highest BCUT2D eigenvalue weighted by Crippen LogP contribution is 2.45. The van der Waals surface area contributed by atoms with E-state index in [1.807, 2.05) is 11.3 Å². The lowest BCUT2D eigenvalue weighted by molar-refractivity contribution is 0.941. The van der Waals surface area contributed by atoms with Crippen LogP contribution in [0.4, 0.5) is 34.1 Å². The number of anilines is 6. The number of thiophene rings is 1. The second-order valence-corrected chi connectivity index (χ2v) is 19.9. The van der Waals surface area contributed by atoms with Crippen LogP contribution < -0.4 is 9.80 Å². The van der Waals surface area contributed by atoms with Gasteiger partial charge >= 0.3 is 0 Å². The summed E-state index contributed by atoms with van der Waals surface area (Å²) in [7, 11) is 0. The van der Waals surface area contributed by atoms with Crippen LogP contribution in [-0.4, -0.2) is 4.57 Å². The summed E-state index contributed by atoms with van der Waals surface area (Å²) >= 11 is 1.87. The van der Waals surface area contributed by atoms with Crippen molar-refractivity contribution in [1.82, 2.24) is 4.57 Å². The van der Waals surface area contributed by atoms with Crippen LogP contribution in [0.25, 0.3) is 81.0 Å². The Bertz CT molecular complexity index is 4130. The third-order valence-electron chi connectivity index (χ3n) is 14.6. The van der Waals surface area contributed by atoms with E-state index in [-0.39, 0.29) is 0 Å². The van der Waals surface area contributed by atoms with Crippen molar-refractivity contribution in [2.24, 2.45) is 0 Å². The molecule has 14 rings (SSSR count). The van der Waals surface area contributed by atoms with E-state index in [1.54, 1.807) is 0 Å². The van der Waals surface area contributed by atoms with Gasteiger partial charge in [-0.3, -0.25) is 0 Å². The van der Waals surface area contributed by atoms with Crippen LogP contribution in [0.15, 0.2) is 261 Å². The standard InChI is InChI=1S/C68H47N3S/c1-4-18-52(19-5-1)69(53-20-6-2-7-21-53)56-25-15-26-57(44-56)70(58-36-32-47-31-30-46-16-10-11-27-59(46)62(47)45-58)55-24-14-17-48(40-55)49-34-38-67-63(41-49)64-42-50(35-39-68(64)72-67)51-33-37-61-60-28-12-13-29-65(60)71(66(61)43-51)54-22-8-3-9-23-54/h1-29,32-45H,30-31H2.